The molecule has 1 aromatic carbocycles. The Bertz CT molecular complexity index is 366. The Morgan fingerprint density at radius 3 is 2.72 bits per heavy atom. The Hall–Kier alpha value is -0.860. The highest BCUT2D eigenvalue weighted by Gasteiger charge is 2.40. The van der Waals surface area contributed by atoms with Gasteiger partial charge in [0, 0.05) is 12.1 Å². The van der Waals surface area contributed by atoms with E-state index in [9.17, 15) is 0 Å². The van der Waals surface area contributed by atoms with Gasteiger partial charge in [0.25, 0.3) is 0 Å². The minimum Gasteiger partial charge on any atom is -0.317 e. The smallest absolute Gasteiger partial charge is 0.0239 e. The quantitative estimate of drug-likeness (QED) is 0.860. The first-order chi connectivity index (χ1) is 8.89. The van der Waals surface area contributed by atoms with E-state index < -0.39 is 0 Å². The molecule has 0 amide bonds. The summed E-state index contributed by atoms with van der Waals surface area (Å²) in [5.74, 6) is 0. The van der Waals surface area contributed by atoms with Crippen LogP contribution in [0.15, 0.2) is 30.3 Å². The van der Waals surface area contributed by atoms with Crippen LogP contribution in [-0.2, 0) is 6.54 Å². The van der Waals surface area contributed by atoms with Crippen LogP contribution < -0.4 is 5.32 Å². The normalized spacial score (nSPS) is 29.6. The van der Waals surface area contributed by atoms with Gasteiger partial charge >= 0.3 is 0 Å². The van der Waals surface area contributed by atoms with Crippen LogP contribution in [0.3, 0.4) is 0 Å². The Kier molecular flexibility index (Phi) is 3.67. The zero-order valence-electron chi connectivity index (χ0n) is 11.2. The highest BCUT2D eigenvalue weighted by atomic mass is 15.2. The third-order valence-electron chi connectivity index (χ3n) is 4.72. The van der Waals surface area contributed by atoms with Crippen molar-refractivity contribution in [3.05, 3.63) is 35.9 Å². The molecule has 2 aliphatic heterocycles. The van der Waals surface area contributed by atoms with E-state index in [-0.39, 0.29) is 0 Å². The van der Waals surface area contributed by atoms with Crippen molar-refractivity contribution in [2.24, 2.45) is 0 Å². The van der Waals surface area contributed by atoms with Crippen molar-refractivity contribution >= 4 is 0 Å². The number of likely N-dealkylation sites (tertiary alicyclic amines) is 1. The lowest BCUT2D eigenvalue weighted by Gasteiger charge is -2.38. The second-order valence-electron chi connectivity index (χ2n) is 5.84. The van der Waals surface area contributed by atoms with Gasteiger partial charge in [0.15, 0.2) is 0 Å². The minimum atomic E-state index is 0.499. The van der Waals surface area contributed by atoms with Gasteiger partial charge < -0.3 is 5.32 Å². The fourth-order valence-corrected chi connectivity index (χ4v) is 3.72. The first-order valence-electron chi connectivity index (χ1n) is 7.39. The predicted molar refractivity (Wildman–Crippen MR) is 75.5 cm³/mol. The van der Waals surface area contributed by atoms with Crippen LogP contribution in [0.1, 0.15) is 37.7 Å². The van der Waals surface area contributed by atoms with E-state index in [1.54, 1.807) is 0 Å². The number of benzene rings is 1. The third-order valence-corrected chi connectivity index (χ3v) is 4.72. The van der Waals surface area contributed by atoms with Crippen LogP contribution in [-0.4, -0.2) is 30.1 Å². The highest BCUT2D eigenvalue weighted by molar-refractivity contribution is 5.15. The van der Waals surface area contributed by atoms with E-state index >= 15 is 0 Å². The minimum absolute atomic E-state index is 0.499. The molecule has 18 heavy (non-hydrogen) atoms. The van der Waals surface area contributed by atoms with Crippen molar-refractivity contribution in [2.45, 2.75) is 44.2 Å². The van der Waals surface area contributed by atoms with Crippen LogP contribution in [0.25, 0.3) is 0 Å². The molecule has 2 fully saturated rings. The van der Waals surface area contributed by atoms with Gasteiger partial charge in [-0.15, -0.1) is 0 Å². The summed E-state index contributed by atoms with van der Waals surface area (Å²) >= 11 is 0. The largest absolute Gasteiger partial charge is 0.317 e. The molecule has 0 radical (unpaired) electrons. The Balaban J connectivity index is 1.74. The fourth-order valence-electron chi connectivity index (χ4n) is 3.72. The average molecular weight is 244 g/mol. The van der Waals surface area contributed by atoms with E-state index in [4.69, 9.17) is 0 Å². The summed E-state index contributed by atoms with van der Waals surface area (Å²) in [4.78, 5) is 2.76. The van der Waals surface area contributed by atoms with Crippen molar-refractivity contribution in [3.63, 3.8) is 0 Å². The number of nitrogens with zero attached hydrogens (tertiary/aromatic N) is 1. The summed E-state index contributed by atoms with van der Waals surface area (Å²) in [5.41, 5.74) is 1.97. The molecule has 0 aliphatic carbocycles. The summed E-state index contributed by atoms with van der Waals surface area (Å²) in [7, 11) is 0. The standard InChI is InChI=1S/C16H24N2/c1-2-6-15(7-3-1)14-18-13-5-9-16(18)8-4-11-17-12-10-16/h1-3,6-7,17H,4-5,8-14H2. The van der Waals surface area contributed by atoms with Crippen LogP contribution in [0.4, 0.5) is 0 Å². The molecule has 1 unspecified atom stereocenters. The molecule has 2 heteroatoms. The monoisotopic (exact) mass is 244 g/mol. The third kappa shape index (κ3) is 2.45. The van der Waals surface area contributed by atoms with Crippen LogP contribution >= 0.6 is 0 Å². The molecule has 1 atom stereocenters. The Labute approximate surface area is 110 Å². The van der Waals surface area contributed by atoms with Crippen molar-refractivity contribution in [1.29, 1.82) is 0 Å². The van der Waals surface area contributed by atoms with Gasteiger partial charge in [-0.25, -0.2) is 0 Å². The molecule has 0 bridgehead atoms. The van der Waals surface area contributed by atoms with E-state index in [1.165, 1.54) is 57.3 Å². The van der Waals surface area contributed by atoms with Crippen molar-refractivity contribution in [3.8, 4) is 0 Å². The molecule has 3 rings (SSSR count). The second-order valence-corrected chi connectivity index (χ2v) is 5.84. The molecule has 2 aliphatic rings. The first-order valence-corrected chi connectivity index (χ1v) is 7.39. The van der Waals surface area contributed by atoms with Crippen LogP contribution in [0.2, 0.25) is 0 Å². The predicted octanol–water partition coefficient (Wildman–Crippen LogP) is 2.79. The van der Waals surface area contributed by atoms with Gasteiger partial charge in [0.2, 0.25) is 0 Å². The maximum atomic E-state index is 3.56. The molecule has 1 spiro atoms. The molecule has 1 N–H and O–H groups in total. The van der Waals surface area contributed by atoms with Gasteiger partial charge in [-0.1, -0.05) is 30.3 Å². The molecule has 1 aromatic rings. The summed E-state index contributed by atoms with van der Waals surface area (Å²) in [6.45, 7) is 4.84. The molecule has 2 saturated heterocycles. The second kappa shape index (κ2) is 5.41. The lowest BCUT2D eigenvalue weighted by atomic mass is 9.87. The summed E-state index contributed by atoms with van der Waals surface area (Å²) in [5, 5.41) is 3.56. The molecule has 98 valence electrons. The van der Waals surface area contributed by atoms with Crippen LogP contribution in [0.5, 0.6) is 0 Å². The lowest BCUT2D eigenvalue weighted by Crippen LogP contribution is -2.43. The Morgan fingerprint density at radius 2 is 1.83 bits per heavy atom. The van der Waals surface area contributed by atoms with Gasteiger partial charge in [-0.2, -0.15) is 0 Å². The lowest BCUT2D eigenvalue weighted by molar-refractivity contribution is 0.114. The van der Waals surface area contributed by atoms with Gasteiger partial charge in [0.1, 0.15) is 0 Å². The Morgan fingerprint density at radius 1 is 1.00 bits per heavy atom. The SMILES string of the molecule is c1ccc(CN2CCCC23CCCNCC3)cc1. The van der Waals surface area contributed by atoms with Crippen LogP contribution in [0, 0.1) is 0 Å². The van der Waals surface area contributed by atoms with Gasteiger partial charge in [0.05, 0.1) is 0 Å². The van der Waals surface area contributed by atoms with E-state index in [0.717, 1.165) is 6.54 Å². The first kappa shape index (κ1) is 12.2. The number of hydrogen-bond donors (Lipinski definition) is 1. The zero-order valence-corrected chi connectivity index (χ0v) is 11.2. The van der Waals surface area contributed by atoms with Crippen molar-refractivity contribution in [1.82, 2.24) is 10.2 Å². The number of nitrogens with one attached hydrogen (secondary N) is 1. The maximum Gasteiger partial charge on any atom is 0.0239 e. The van der Waals surface area contributed by atoms with E-state index in [1.807, 2.05) is 0 Å². The van der Waals surface area contributed by atoms with Gasteiger partial charge in [-0.05, 0) is 57.3 Å². The average Bonchev–Trinajstić information content (AvgIpc) is 2.63. The molecular weight excluding hydrogens is 220 g/mol. The maximum absolute atomic E-state index is 3.56. The highest BCUT2D eigenvalue weighted by Crippen LogP contribution is 2.38. The molecule has 2 heterocycles. The molecule has 0 saturated carbocycles. The summed E-state index contributed by atoms with van der Waals surface area (Å²) in [6.07, 6.45) is 6.84. The van der Waals surface area contributed by atoms with Crippen molar-refractivity contribution in [2.75, 3.05) is 19.6 Å². The van der Waals surface area contributed by atoms with E-state index in [2.05, 4.69) is 40.5 Å². The zero-order chi connectivity index (χ0) is 12.3. The van der Waals surface area contributed by atoms with Crippen molar-refractivity contribution < 1.29 is 0 Å². The molecular formula is C16H24N2. The number of hydrogen-bond acceptors (Lipinski definition) is 2. The molecule has 2 nitrogen and oxygen atoms in total. The molecule has 0 aromatic heterocycles. The van der Waals surface area contributed by atoms with E-state index in [0.29, 0.717) is 5.54 Å². The summed E-state index contributed by atoms with van der Waals surface area (Å²) < 4.78 is 0. The summed E-state index contributed by atoms with van der Waals surface area (Å²) in [6, 6.07) is 11.0. The fraction of sp³-hybridized carbons (Fsp3) is 0.625. The topological polar surface area (TPSA) is 15.3 Å². The number of rotatable bonds is 2. The van der Waals surface area contributed by atoms with Gasteiger partial charge in [-0.3, -0.25) is 4.90 Å².